The standard InChI is InChI=1S/C21H25N5O2/c1-14-8-10-26(11-9-14)16-5-6-17(18(13-16)21-22-24-25-23-21)15-4-7-19(27-2)20(12-15)28-3/h4-7,12-14H,8-11H2,1-3H3,(H,22,23,24,25). The minimum absolute atomic E-state index is 0.581. The van der Waals surface area contributed by atoms with Gasteiger partial charge < -0.3 is 14.4 Å². The number of benzene rings is 2. The van der Waals surface area contributed by atoms with Gasteiger partial charge in [-0.05, 0) is 59.4 Å². The number of methoxy groups -OCH3 is 2. The highest BCUT2D eigenvalue weighted by atomic mass is 16.5. The molecule has 1 saturated heterocycles. The molecule has 0 unspecified atom stereocenters. The van der Waals surface area contributed by atoms with Gasteiger partial charge in [-0.15, -0.1) is 10.2 Å². The Morgan fingerprint density at radius 2 is 1.75 bits per heavy atom. The molecular weight excluding hydrogens is 354 g/mol. The molecule has 0 saturated carbocycles. The van der Waals surface area contributed by atoms with Crippen molar-refractivity contribution in [2.45, 2.75) is 19.8 Å². The van der Waals surface area contributed by atoms with Gasteiger partial charge in [-0.25, -0.2) is 0 Å². The Morgan fingerprint density at radius 1 is 0.964 bits per heavy atom. The molecule has 0 amide bonds. The minimum atomic E-state index is 0.581. The van der Waals surface area contributed by atoms with E-state index >= 15 is 0 Å². The molecule has 7 nitrogen and oxygen atoms in total. The molecule has 28 heavy (non-hydrogen) atoms. The maximum absolute atomic E-state index is 5.47. The van der Waals surface area contributed by atoms with Gasteiger partial charge in [0.05, 0.1) is 14.2 Å². The highest BCUT2D eigenvalue weighted by molar-refractivity contribution is 5.84. The molecule has 1 N–H and O–H groups in total. The molecule has 1 aromatic heterocycles. The highest BCUT2D eigenvalue weighted by Crippen LogP contribution is 2.38. The van der Waals surface area contributed by atoms with Gasteiger partial charge in [0.25, 0.3) is 0 Å². The fraction of sp³-hybridized carbons (Fsp3) is 0.381. The van der Waals surface area contributed by atoms with E-state index < -0.39 is 0 Å². The first kappa shape index (κ1) is 18.3. The summed E-state index contributed by atoms with van der Waals surface area (Å²) in [7, 11) is 3.28. The third-order valence-electron chi connectivity index (χ3n) is 5.43. The lowest BCUT2D eigenvalue weighted by Gasteiger charge is -2.32. The highest BCUT2D eigenvalue weighted by Gasteiger charge is 2.19. The largest absolute Gasteiger partial charge is 0.493 e. The maximum Gasteiger partial charge on any atom is 0.205 e. The normalized spacial score (nSPS) is 14.9. The molecule has 146 valence electrons. The molecule has 0 aliphatic carbocycles. The van der Waals surface area contributed by atoms with Crippen molar-refractivity contribution in [3.05, 3.63) is 36.4 Å². The van der Waals surface area contributed by atoms with E-state index in [1.54, 1.807) is 14.2 Å². The molecule has 1 aliphatic rings. The fourth-order valence-corrected chi connectivity index (χ4v) is 3.71. The second-order valence-corrected chi connectivity index (χ2v) is 7.20. The quantitative estimate of drug-likeness (QED) is 0.727. The summed E-state index contributed by atoms with van der Waals surface area (Å²) in [4.78, 5) is 2.43. The molecule has 0 bridgehead atoms. The van der Waals surface area contributed by atoms with Crippen molar-refractivity contribution in [2.24, 2.45) is 5.92 Å². The number of hydrogen-bond acceptors (Lipinski definition) is 6. The Kier molecular flexibility index (Phi) is 5.14. The van der Waals surface area contributed by atoms with Gasteiger partial charge in [-0.2, -0.15) is 5.21 Å². The van der Waals surface area contributed by atoms with E-state index in [1.807, 2.05) is 18.2 Å². The number of hydrogen-bond donors (Lipinski definition) is 1. The van der Waals surface area contributed by atoms with Crippen molar-refractivity contribution in [3.63, 3.8) is 0 Å². The molecule has 2 aromatic carbocycles. The zero-order chi connectivity index (χ0) is 19.5. The summed E-state index contributed by atoms with van der Waals surface area (Å²) in [6, 6.07) is 12.4. The summed E-state index contributed by atoms with van der Waals surface area (Å²) >= 11 is 0. The van der Waals surface area contributed by atoms with Crippen LogP contribution in [0.5, 0.6) is 11.5 Å². The van der Waals surface area contributed by atoms with Crippen LogP contribution in [-0.4, -0.2) is 47.9 Å². The SMILES string of the molecule is COc1ccc(-c2ccc(N3CCC(C)CC3)cc2-c2nn[nH]n2)cc1OC. The molecule has 1 fully saturated rings. The monoisotopic (exact) mass is 379 g/mol. The van der Waals surface area contributed by atoms with Gasteiger partial charge in [0.2, 0.25) is 5.82 Å². The maximum atomic E-state index is 5.47. The van der Waals surface area contributed by atoms with Gasteiger partial charge in [0, 0.05) is 24.3 Å². The zero-order valence-corrected chi connectivity index (χ0v) is 16.5. The predicted molar refractivity (Wildman–Crippen MR) is 109 cm³/mol. The van der Waals surface area contributed by atoms with Crippen molar-refractivity contribution in [3.8, 4) is 34.0 Å². The third kappa shape index (κ3) is 3.52. The van der Waals surface area contributed by atoms with Crippen LogP contribution in [0.3, 0.4) is 0 Å². The van der Waals surface area contributed by atoms with E-state index in [-0.39, 0.29) is 0 Å². The molecule has 2 heterocycles. The average Bonchev–Trinajstić information content (AvgIpc) is 3.28. The number of tetrazole rings is 1. The Bertz CT molecular complexity index is 934. The molecule has 4 rings (SSSR count). The van der Waals surface area contributed by atoms with E-state index in [4.69, 9.17) is 9.47 Å². The van der Waals surface area contributed by atoms with Crippen molar-refractivity contribution in [2.75, 3.05) is 32.2 Å². The first-order valence-electron chi connectivity index (χ1n) is 9.55. The zero-order valence-electron chi connectivity index (χ0n) is 16.5. The van der Waals surface area contributed by atoms with Gasteiger partial charge >= 0.3 is 0 Å². The lowest BCUT2D eigenvalue weighted by Crippen LogP contribution is -2.32. The third-order valence-corrected chi connectivity index (χ3v) is 5.43. The van der Waals surface area contributed by atoms with E-state index in [1.165, 1.54) is 18.5 Å². The van der Waals surface area contributed by atoms with Crippen molar-refractivity contribution < 1.29 is 9.47 Å². The average molecular weight is 379 g/mol. The Morgan fingerprint density at radius 3 is 2.43 bits per heavy atom. The minimum Gasteiger partial charge on any atom is -0.493 e. The van der Waals surface area contributed by atoms with Crippen LogP contribution in [0.25, 0.3) is 22.5 Å². The molecule has 0 atom stereocenters. The van der Waals surface area contributed by atoms with Crippen molar-refractivity contribution in [1.29, 1.82) is 0 Å². The van der Waals surface area contributed by atoms with E-state index in [2.05, 4.69) is 50.6 Å². The lowest BCUT2D eigenvalue weighted by atomic mass is 9.95. The molecule has 7 heteroatoms. The molecule has 0 spiro atoms. The summed E-state index contributed by atoms with van der Waals surface area (Å²) in [6.07, 6.45) is 2.43. The van der Waals surface area contributed by atoms with Crippen LogP contribution in [0.1, 0.15) is 19.8 Å². The van der Waals surface area contributed by atoms with Crippen LogP contribution in [0, 0.1) is 5.92 Å². The van der Waals surface area contributed by atoms with Crippen molar-refractivity contribution >= 4 is 5.69 Å². The Hall–Kier alpha value is -3.09. The molecule has 1 aliphatic heterocycles. The first-order valence-corrected chi connectivity index (χ1v) is 9.55. The van der Waals surface area contributed by atoms with Crippen LogP contribution in [0.4, 0.5) is 5.69 Å². The summed E-state index contributed by atoms with van der Waals surface area (Å²) in [6.45, 7) is 4.47. The van der Waals surface area contributed by atoms with E-state index in [0.717, 1.165) is 35.7 Å². The number of piperidine rings is 1. The molecule has 3 aromatic rings. The van der Waals surface area contributed by atoms with Crippen LogP contribution < -0.4 is 14.4 Å². The summed E-state index contributed by atoms with van der Waals surface area (Å²) in [5, 5.41) is 14.8. The van der Waals surface area contributed by atoms with Crippen LogP contribution in [-0.2, 0) is 0 Å². The molecule has 0 radical (unpaired) electrons. The topological polar surface area (TPSA) is 76.2 Å². The lowest BCUT2D eigenvalue weighted by molar-refractivity contribution is 0.355. The Labute approximate surface area is 164 Å². The first-order chi connectivity index (χ1) is 13.7. The summed E-state index contributed by atoms with van der Waals surface area (Å²) in [5.74, 6) is 2.76. The number of H-pyrrole nitrogens is 1. The smallest absolute Gasteiger partial charge is 0.205 e. The summed E-state index contributed by atoms with van der Waals surface area (Å²) < 4.78 is 10.8. The second kappa shape index (κ2) is 7.88. The summed E-state index contributed by atoms with van der Waals surface area (Å²) in [5.41, 5.74) is 4.17. The van der Waals surface area contributed by atoms with E-state index in [0.29, 0.717) is 17.3 Å². The van der Waals surface area contributed by atoms with E-state index in [9.17, 15) is 0 Å². The number of nitrogens with zero attached hydrogens (tertiary/aromatic N) is 4. The van der Waals surface area contributed by atoms with Gasteiger partial charge in [0.15, 0.2) is 11.5 Å². The van der Waals surface area contributed by atoms with Gasteiger partial charge in [0.1, 0.15) is 0 Å². The number of ether oxygens (including phenoxy) is 2. The number of aromatic nitrogens is 4. The van der Waals surface area contributed by atoms with Gasteiger partial charge in [-0.3, -0.25) is 0 Å². The second-order valence-electron chi connectivity index (χ2n) is 7.20. The Balaban J connectivity index is 1.77. The van der Waals surface area contributed by atoms with Crippen LogP contribution in [0.2, 0.25) is 0 Å². The number of rotatable bonds is 5. The number of aromatic amines is 1. The number of anilines is 1. The predicted octanol–water partition coefficient (Wildman–Crippen LogP) is 3.79. The molecular formula is C21H25N5O2. The van der Waals surface area contributed by atoms with Crippen LogP contribution >= 0.6 is 0 Å². The van der Waals surface area contributed by atoms with Gasteiger partial charge in [-0.1, -0.05) is 19.1 Å². The number of nitrogens with one attached hydrogen (secondary N) is 1. The van der Waals surface area contributed by atoms with Crippen molar-refractivity contribution in [1.82, 2.24) is 20.6 Å². The fourth-order valence-electron chi connectivity index (χ4n) is 3.71. The van der Waals surface area contributed by atoms with Crippen LogP contribution in [0.15, 0.2) is 36.4 Å².